The minimum atomic E-state index is -0.512. The molecule has 0 spiro atoms. The fourth-order valence-electron chi connectivity index (χ4n) is 1.69. The summed E-state index contributed by atoms with van der Waals surface area (Å²) in [5, 5.41) is 0.0555. The number of halogens is 2. The highest BCUT2D eigenvalue weighted by molar-refractivity contribution is 6.30. The van der Waals surface area contributed by atoms with Gasteiger partial charge in [0.15, 0.2) is 6.29 Å². The molecule has 0 unspecified atom stereocenters. The molecule has 2 aromatic rings. The number of aldehydes is 1. The predicted octanol–water partition coefficient (Wildman–Crippen LogP) is 3.97. The summed E-state index contributed by atoms with van der Waals surface area (Å²) in [6.07, 6.45) is 0.713. The molecule has 0 N–H and O–H groups in total. The van der Waals surface area contributed by atoms with Crippen LogP contribution in [0, 0.1) is 5.82 Å². The number of carbonyl (C=O) groups excluding carboxylic acids is 1. The number of ether oxygens (including phenoxy) is 1. The molecular weight excluding hydrogens is 255 g/mol. The van der Waals surface area contributed by atoms with E-state index in [0.717, 1.165) is 0 Å². The van der Waals surface area contributed by atoms with Crippen molar-refractivity contribution >= 4 is 17.9 Å². The van der Waals surface area contributed by atoms with Crippen LogP contribution in [0.1, 0.15) is 10.4 Å². The molecule has 0 amide bonds. The van der Waals surface area contributed by atoms with Crippen LogP contribution in [0.15, 0.2) is 36.4 Å². The van der Waals surface area contributed by atoms with Crippen LogP contribution in [-0.2, 0) is 0 Å². The van der Waals surface area contributed by atoms with Crippen molar-refractivity contribution in [1.29, 1.82) is 0 Å². The Bertz CT molecular complexity index is 596. The molecular formula is C14H10ClFO2. The Kier molecular flexibility index (Phi) is 3.63. The zero-order valence-electron chi connectivity index (χ0n) is 9.61. The van der Waals surface area contributed by atoms with Crippen LogP contribution in [0.25, 0.3) is 11.1 Å². The molecule has 0 radical (unpaired) electrons. The Labute approximate surface area is 109 Å². The smallest absolute Gasteiger partial charge is 0.150 e. The Balaban J connectivity index is 2.55. The van der Waals surface area contributed by atoms with Crippen molar-refractivity contribution in [3.63, 3.8) is 0 Å². The highest BCUT2D eigenvalue weighted by atomic mass is 35.5. The summed E-state index contributed by atoms with van der Waals surface area (Å²) < 4.78 is 18.4. The third kappa shape index (κ3) is 2.36. The molecule has 2 rings (SSSR count). The van der Waals surface area contributed by atoms with Crippen molar-refractivity contribution in [3.05, 3.63) is 52.8 Å². The molecule has 0 bridgehead atoms. The van der Waals surface area contributed by atoms with E-state index in [-0.39, 0.29) is 5.02 Å². The van der Waals surface area contributed by atoms with Gasteiger partial charge in [0.25, 0.3) is 0 Å². The molecule has 0 saturated carbocycles. The second-order valence-electron chi connectivity index (χ2n) is 3.70. The minimum absolute atomic E-state index is 0.0555. The molecule has 18 heavy (non-hydrogen) atoms. The summed E-state index contributed by atoms with van der Waals surface area (Å²) in [5.41, 5.74) is 1.68. The maximum atomic E-state index is 13.4. The molecule has 0 atom stereocenters. The summed E-state index contributed by atoms with van der Waals surface area (Å²) >= 11 is 5.62. The number of hydrogen-bond donors (Lipinski definition) is 0. The molecule has 0 aromatic heterocycles. The van der Waals surface area contributed by atoms with Crippen molar-refractivity contribution < 1.29 is 13.9 Å². The van der Waals surface area contributed by atoms with Crippen LogP contribution in [0.2, 0.25) is 5.02 Å². The van der Waals surface area contributed by atoms with Gasteiger partial charge in [0.2, 0.25) is 0 Å². The van der Waals surface area contributed by atoms with Gasteiger partial charge in [0.1, 0.15) is 11.6 Å². The first-order valence-electron chi connectivity index (χ1n) is 5.24. The van der Waals surface area contributed by atoms with Gasteiger partial charge < -0.3 is 4.74 Å². The first kappa shape index (κ1) is 12.6. The molecule has 0 fully saturated rings. The maximum Gasteiger partial charge on any atom is 0.150 e. The van der Waals surface area contributed by atoms with Crippen LogP contribution in [0.3, 0.4) is 0 Å². The van der Waals surface area contributed by atoms with Crippen LogP contribution in [0.4, 0.5) is 4.39 Å². The van der Waals surface area contributed by atoms with Gasteiger partial charge in [0, 0.05) is 5.56 Å². The number of benzene rings is 2. The molecule has 0 aliphatic carbocycles. The largest absolute Gasteiger partial charge is 0.497 e. The summed E-state index contributed by atoms with van der Waals surface area (Å²) in [4.78, 5) is 11.0. The van der Waals surface area contributed by atoms with Crippen LogP contribution in [0.5, 0.6) is 5.75 Å². The van der Waals surface area contributed by atoms with E-state index < -0.39 is 5.82 Å². The van der Waals surface area contributed by atoms with Crippen molar-refractivity contribution in [2.24, 2.45) is 0 Å². The molecule has 92 valence electrons. The zero-order chi connectivity index (χ0) is 13.1. The maximum absolute atomic E-state index is 13.4. The van der Waals surface area contributed by atoms with Gasteiger partial charge in [-0.1, -0.05) is 17.7 Å². The zero-order valence-corrected chi connectivity index (χ0v) is 10.4. The van der Waals surface area contributed by atoms with Gasteiger partial charge in [-0.25, -0.2) is 4.39 Å². The summed E-state index contributed by atoms with van der Waals surface area (Å²) in [5.74, 6) is 0.0668. The topological polar surface area (TPSA) is 26.3 Å². The van der Waals surface area contributed by atoms with E-state index in [0.29, 0.717) is 28.7 Å². The first-order chi connectivity index (χ1) is 8.65. The monoisotopic (exact) mass is 264 g/mol. The van der Waals surface area contributed by atoms with Gasteiger partial charge in [-0.15, -0.1) is 0 Å². The Morgan fingerprint density at radius 3 is 2.61 bits per heavy atom. The fourth-order valence-corrected chi connectivity index (χ4v) is 1.81. The van der Waals surface area contributed by atoms with E-state index in [1.54, 1.807) is 24.3 Å². The molecule has 0 aliphatic heterocycles. The molecule has 0 saturated heterocycles. The lowest BCUT2D eigenvalue weighted by Crippen LogP contribution is -1.91. The van der Waals surface area contributed by atoms with Gasteiger partial charge in [-0.3, -0.25) is 4.79 Å². The molecule has 4 heteroatoms. The quantitative estimate of drug-likeness (QED) is 0.784. The third-order valence-electron chi connectivity index (χ3n) is 2.62. The van der Waals surface area contributed by atoms with E-state index in [9.17, 15) is 9.18 Å². The first-order valence-corrected chi connectivity index (χ1v) is 5.62. The minimum Gasteiger partial charge on any atom is -0.497 e. The van der Waals surface area contributed by atoms with E-state index in [1.807, 2.05) is 0 Å². The van der Waals surface area contributed by atoms with Crippen LogP contribution < -0.4 is 4.74 Å². The second-order valence-corrected chi connectivity index (χ2v) is 4.11. The van der Waals surface area contributed by atoms with Crippen LogP contribution in [-0.4, -0.2) is 13.4 Å². The number of hydrogen-bond acceptors (Lipinski definition) is 2. The van der Waals surface area contributed by atoms with E-state index in [4.69, 9.17) is 16.3 Å². The molecule has 0 aliphatic rings. The summed E-state index contributed by atoms with van der Waals surface area (Å²) in [6, 6.07) is 9.47. The second kappa shape index (κ2) is 5.19. The van der Waals surface area contributed by atoms with Gasteiger partial charge in [-0.2, -0.15) is 0 Å². The van der Waals surface area contributed by atoms with Crippen molar-refractivity contribution in [2.45, 2.75) is 0 Å². The number of rotatable bonds is 3. The van der Waals surface area contributed by atoms with E-state index >= 15 is 0 Å². The lowest BCUT2D eigenvalue weighted by atomic mass is 10.00. The average molecular weight is 265 g/mol. The number of carbonyl (C=O) groups is 1. The van der Waals surface area contributed by atoms with Crippen molar-refractivity contribution in [1.82, 2.24) is 0 Å². The summed E-state index contributed by atoms with van der Waals surface area (Å²) in [6.45, 7) is 0. The molecule has 2 nitrogen and oxygen atoms in total. The van der Waals surface area contributed by atoms with Crippen molar-refractivity contribution in [3.8, 4) is 16.9 Å². The lowest BCUT2D eigenvalue weighted by molar-refractivity contribution is 0.112. The predicted molar refractivity (Wildman–Crippen MR) is 68.8 cm³/mol. The standard InChI is InChI=1S/C14H10ClFO2/c1-18-11-3-4-12(10(6-11)8-17)9-2-5-13(15)14(16)7-9/h2-8H,1H3. The average Bonchev–Trinajstić information content (AvgIpc) is 2.41. The third-order valence-corrected chi connectivity index (χ3v) is 2.92. The van der Waals surface area contributed by atoms with Gasteiger partial charge >= 0.3 is 0 Å². The Morgan fingerprint density at radius 2 is 2.00 bits per heavy atom. The lowest BCUT2D eigenvalue weighted by Gasteiger charge is -2.08. The van der Waals surface area contributed by atoms with Gasteiger partial charge in [0.05, 0.1) is 12.1 Å². The number of methoxy groups -OCH3 is 1. The molecule has 2 aromatic carbocycles. The SMILES string of the molecule is COc1ccc(-c2ccc(Cl)c(F)c2)c(C=O)c1. The highest BCUT2D eigenvalue weighted by Gasteiger charge is 2.08. The Morgan fingerprint density at radius 1 is 1.22 bits per heavy atom. The van der Waals surface area contributed by atoms with E-state index in [2.05, 4.69) is 0 Å². The Hall–Kier alpha value is -1.87. The highest BCUT2D eigenvalue weighted by Crippen LogP contribution is 2.28. The fraction of sp³-hybridized carbons (Fsp3) is 0.0714. The van der Waals surface area contributed by atoms with E-state index in [1.165, 1.54) is 19.2 Å². The normalized spacial score (nSPS) is 10.2. The van der Waals surface area contributed by atoms with Crippen molar-refractivity contribution in [2.75, 3.05) is 7.11 Å². The molecule has 0 heterocycles. The van der Waals surface area contributed by atoms with Gasteiger partial charge in [-0.05, 0) is 41.5 Å². The summed E-state index contributed by atoms with van der Waals surface area (Å²) in [7, 11) is 1.52. The van der Waals surface area contributed by atoms with Crippen LogP contribution >= 0.6 is 11.6 Å².